The molecule has 0 spiro atoms. The van der Waals surface area contributed by atoms with Crippen molar-refractivity contribution in [1.82, 2.24) is 14.5 Å². The first-order valence-corrected chi connectivity index (χ1v) is 17.3. The van der Waals surface area contributed by atoms with Gasteiger partial charge in [0, 0.05) is 18.4 Å². The van der Waals surface area contributed by atoms with Gasteiger partial charge in [0.25, 0.3) is 0 Å². The van der Waals surface area contributed by atoms with Crippen molar-refractivity contribution in [2.45, 2.75) is 89.5 Å². The fourth-order valence-electron chi connectivity index (χ4n) is 4.97. The molecular weight excluding hydrogens is 593 g/mol. The molecule has 5 rings (SSSR count). The quantitative estimate of drug-likeness (QED) is 0.155. The summed E-state index contributed by atoms with van der Waals surface area (Å²) >= 11 is 19.1. The lowest BCUT2D eigenvalue weighted by atomic mass is 9.95. The zero-order valence-electron chi connectivity index (χ0n) is 23.6. The van der Waals surface area contributed by atoms with Gasteiger partial charge in [-0.15, -0.1) is 0 Å². The van der Waals surface area contributed by atoms with E-state index >= 15 is 0 Å². The molecule has 4 atom stereocenters. The zero-order chi connectivity index (χ0) is 29.2. The second-order valence-electron chi connectivity index (χ2n) is 12.3. The number of hydrogen-bond donors (Lipinski definition) is 0. The van der Waals surface area contributed by atoms with Gasteiger partial charge in [-0.1, -0.05) is 55.6 Å². The van der Waals surface area contributed by atoms with Crippen molar-refractivity contribution >= 4 is 59.9 Å². The Morgan fingerprint density at radius 1 is 1.10 bits per heavy atom. The highest BCUT2D eigenvalue weighted by Gasteiger charge is 2.58. The normalized spacial score (nSPS) is 24.6. The van der Waals surface area contributed by atoms with Gasteiger partial charge >= 0.3 is 0 Å². The molecule has 3 aromatic rings. The molecule has 40 heavy (non-hydrogen) atoms. The van der Waals surface area contributed by atoms with Crippen molar-refractivity contribution in [3.05, 3.63) is 57.0 Å². The Labute approximate surface area is 250 Å². The van der Waals surface area contributed by atoms with E-state index in [-0.39, 0.29) is 15.8 Å². The Bertz CT molecular complexity index is 1450. The monoisotopic (exact) mass is 625 g/mol. The van der Waals surface area contributed by atoms with E-state index in [1.807, 2.05) is 19.9 Å². The number of ketones is 1. The lowest BCUT2D eigenvalue weighted by Crippen LogP contribution is -2.41. The van der Waals surface area contributed by atoms with Gasteiger partial charge < -0.3 is 23.2 Å². The molecule has 0 N–H and O–H groups in total. The van der Waals surface area contributed by atoms with Gasteiger partial charge in [0.15, 0.2) is 32.2 Å². The molecule has 2 aliphatic rings. The van der Waals surface area contributed by atoms with E-state index in [0.717, 1.165) is 5.56 Å². The van der Waals surface area contributed by atoms with Crippen molar-refractivity contribution in [2.75, 3.05) is 6.61 Å². The average Bonchev–Trinajstić information content (AvgIpc) is 3.51. The number of halogens is 3. The molecule has 1 aromatic carbocycles. The number of nitrogens with zero attached hydrogens (tertiary/aromatic N) is 3. The minimum Gasteiger partial charge on any atom is -0.416 e. The van der Waals surface area contributed by atoms with Crippen LogP contribution in [0.1, 0.15) is 56.8 Å². The molecule has 4 heterocycles. The van der Waals surface area contributed by atoms with E-state index in [9.17, 15) is 4.79 Å². The summed E-state index contributed by atoms with van der Waals surface area (Å²) in [6.07, 6.45) is 0.822. The highest BCUT2D eigenvalue weighted by atomic mass is 35.5. The van der Waals surface area contributed by atoms with Crippen LogP contribution in [0.3, 0.4) is 0 Å². The highest BCUT2D eigenvalue weighted by Crippen LogP contribution is 2.45. The number of aromatic nitrogens is 3. The number of benzene rings is 1. The number of rotatable bonds is 7. The van der Waals surface area contributed by atoms with Crippen LogP contribution in [0.25, 0.3) is 11.0 Å². The Morgan fingerprint density at radius 2 is 1.77 bits per heavy atom. The molecule has 2 saturated heterocycles. The Morgan fingerprint density at radius 3 is 2.48 bits per heavy atom. The smallest absolute Gasteiger partial charge is 0.194 e. The van der Waals surface area contributed by atoms with Crippen LogP contribution in [0, 0.1) is 0 Å². The van der Waals surface area contributed by atoms with E-state index in [0.29, 0.717) is 39.8 Å². The van der Waals surface area contributed by atoms with Crippen LogP contribution in [-0.4, -0.2) is 59.3 Å². The summed E-state index contributed by atoms with van der Waals surface area (Å²) in [6, 6.07) is 5.16. The van der Waals surface area contributed by atoms with Crippen LogP contribution < -0.4 is 0 Å². The molecule has 2 aliphatic heterocycles. The summed E-state index contributed by atoms with van der Waals surface area (Å²) in [5.41, 5.74) is 1.74. The molecule has 8 nitrogen and oxygen atoms in total. The third-order valence-corrected chi connectivity index (χ3v) is 13.6. The number of Topliss-reactive ketones (excluding diaryl/α,β-unsaturated/α-hetero) is 1. The topological polar surface area (TPSA) is 84.7 Å². The molecule has 2 fully saturated rings. The van der Waals surface area contributed by atoms with Crippen molar-refractivity contribution < 1.29 is 23.4 Å². The minimum absolute atomic E-state index is 0.0649. The standard InChI is InChI=1S/C28H34Cl3N3O5Si/c1-27(2,3)40(6,7)36-11-9-15-12-18(29)19(30)13-17(15)20(35)21-22-23(39-28(4,5)38-22)26(37-21)34-10-8-16-24(31)32-14-33-25(16)34/h8,10,12-14,21-23,26H,9,11H2,1-7H3/t21-,22+,23+,26+/m0/s1. The fraction of sp³-hybridized carbons (Fsp3) is 0.536. The van der Waals surface area contributed by atoms with Gasteiger partial charge in [-0.25, -0.2) is 9.97 Å². The van der Waals surface area contributed by atoms with Crippen molar-refractivity contribution in [1.29, 1.82) is 0 Å². The number of fused-ring (bicyclic) bond motifs is 2. The molecule has 0 radical (unpaired) electrons. The van der Waals surface area contributed by atoms with Crippen LogP contribution >= 0.6 is 34.8 Å². The van der Waals surface area contributed by atoms with E-state index in [1.54, 1.807) is 22.9 Å². The predicted molar refractivity (Wildman–Crippen MR) is 158 cm³/mol. The van der Waals surface area contributed by atoms with E-state index < -0.39 is 38.6 Å². The maximum Gasteiger partial charge on any atom is 0.194 e. The van der Waals surface area contributed by atoms with Crippen molar-refractivity contribution in [2.24, 2.45) is 0 Å². The first-order chi connectivity index (χ1) is 18.6. The lowest BCUT2D eigenvalue weighted by Gasteiger charge is -2.36. The van der Waals surface area contributed by atoms with Crippen LogP contribution in [0.2, 0.25) is 33.3 Å². The summed E-state index contributed by atoms with van der Waals surface area (Å²) in [5, 5.41) is 1.73. The minimum atomic E-state index is -1.98. The SMILES string of the molecule is CC1(C)O[C@@H]2[C@H](O1)[C@H](C(=O)c1cc(Cl)c(Cl)cc1CCO[Si](C)(C)C(C)(C)C)O[C@H]2n1ccc2c(Cl)ncnc21. The molecule has 0 bridgehead atoms. The van der Waals surface area contributed by atoms with Crippen LogP contribution in [-0.2, 0) is 25.1 Å². The Kier molecular flexibility index (Phi) is 7.94. The number of carbonyl (C=O) groups excluding carboxylic acids is 1. The first kappa shape index (κ1) is 29.9. The predicted octanol–water partition coefficient (Wildman–Crippen LogP) is 7.26. The highest BCUT2D eigenvalue weighted by molar-refractivity contribution is 6.74. The van der Waals surface area contributed by atoms with Gasteiger partial charge in [0.2, 0.25) is 0 Å². The van der Waals surface area contributed by atoms with Gasteiger partial charge in [0.1, 0.15) is 29.3 Å². The summed E-state index contributed by atoms with van der Waals surface area (Å²) in [4.78, 5) is 22.6. The summed E-state index contributed by atoms with van der Waals surface area (Å²) < 4.78 is 27.1. The molecule has 2 aromatic heterocycles. The van der Waals surface area contributed by atoms with Gasteiger partial charge in [-0.3, -0.25) is 4.79 Å². The molecule has 0 unspecified atom stereocenters. The van der Waals surface area contributed by atoms with Crippen LogP contribution in [0.5, 0.6) is 0 Å². The maximum atomic E-state index is 14.2. The molecule has 0 amide bonds. The van der Waals surface area contributed by atoms with Gasteiger partial charge in [-0.05, 0) is 62.2 Å². The second kappa shape index (κ2) is 10.6. The summed E-state index contributed by atoms with van der Waals surface area (Å²) in [6.45, 7) is 15.1. The van der Waals surface area contributed by atoms with Crippen molar-refractivity contribution in [3.8, 4) is 0 Å². The summed E-state index contributed by atoms with van der Waals surface area (Å²) in [5.74, 6) is -1.17. The third kappa shape index (κ3) is 5.47. The van der Waals surface area contributed by atoms with Crippen LogP contribution in [0.15, 0.2) is 30.7 Å². The number of hydrogen-bond acceptors (Lipinski definition) is 7. The van der Waals surface area contributed by atoms with E-state index in [2.05, 4.69) is 43.8 Å². The van der Waals surface area contributed by atoms with Crippen molar-refractivity contribution in [3.63, 3.8) is 0 Å². The average molecular weight is 627 g/mol. The Balaban J connectivity index is 1.46. The first-order valence-electron chi connectivity index (χ1n) is 13.2. The molecular formula is C28H34Cl3N3O5Si. The van der Waals surface area contributed by atoms with E-state index in [4.69, 9.17) is 53.4 Å². The number of ether oxygens (including phenoxy) is 3. The molecule has 0 aliphatic carbocycles. The number of carbonyl (C=O) groups is 1. The van der Waals surface area contributed by atoms with Gasteiger partial charge in [-0.2, -0.15) is 0 Å². The molecule has 12 heteroatoms. The maximum absolute atomic E-state index is 14.2. The fourth-order valence-corrected chi connectivity index (χ4v) is 6.55. The van der Waals surface area contributed by atoms with E-state index in [1.165, 1.54) is 6.33 Å². The molecule has 216 valence electrons. The third-order valence-electron chi connectivity index (χ3n) is 8.07. The second-order valence-corrected chi connectivity index (χ2v) is 18.3. The van der Waals surface area contributed by atoms with Gasteiger partial charge in [0.05, 0.1) is 15.4 Å². The molecule has 0 saturated carbocycles. The van der Waals surface area contributed by atoms with Crippen LogP contribution in [0.4, 0.5) is 0 Å². The largest absolute Gasteiger partial charge is 0.416 e. The zero-order valence-corrected chi connectivity index (χ0v) is 26.9. The summed E-state index contributed by atoms with van der Waals surface area (Å²) in [7, 11) is -1.98. The lowest BCUT2D eigenvalue weighted by molar-refractivity contribution is -0.190. The Hall–Kier alpha value is -1.56.